The van der Waals surface area contributed by atoms with Crippen molar-refractivity contribution >= 4 is 34.3 Å². The van der Waals surface area contributed by atoms with Gasteiger partial charge in [0.25, 0.3) is 5.91 Å². The summed E-state index contributed by atoms with van der Waals surface area (Å²) in [5, 5.41) is 8.24. The van der Waals surface area contributed by atoms with E-state index in [2.05, 4.69) is 10.5 Å². The zero-order valence-corrected chi connectivity index (χ0v) is 16.4. The second kappa shape index (κ2) is 10.2. The minimum atomic E-state index is -0.694. The number of likely N-dealkylation sites (N-methyl/N-ethyl adjacent to an activating group) is 1. The average molecular weight is 393 g/mol. The van der Waals surface area contributed by atoms with Crippen LogP contribution in [0.1, 0.15) is 22.8 Å². The van der Waals surface area contributed by atoms with Crippen molar-refractivity contribution in [3.8, 4) is 0 Å². The van der Waals surface area contributed by atoms with E-state index < -0.39 is 6.10 Å². The third kappa shape index (κ3) is 5.24. The van der Waals surface area contributed by atoms with Crippen molar-refractivity contribution in [1.82, 2.24) is 5.32 Å². The largest absolute Gasteiger partial charge is 0.390 e. The standard InChI is InChI=1S/C19H21ClN2O3S/c1-21-18(23)17(24-2)16-7-5-4-6-14(16)12-25-22-19(26-3)13-8-10-15(20)11-9-13/h4-11,17H,12H2,1-3H3,(H,21,23)/b22-19-. The van der Waals surface area contributed by atoms with Gasteiger partial charge >= 0.3 is 0 Å². The topological polar surface area (TPSA) is 59.9 Å². The Morgan fingerprint density at radius 2 is 1.92 bits per heavy atom. The summed E-state index contributed by atoms with van der Waals surface area (Å²) in [5.41, 5.74) is 2.51. The van der Waals surface area contributed by atoms with E-state index in [1.54, 1.807) is 7.05 Å². The van der Waals surface area contributed by atoms with Crippen molar-refractivity contribution in [2.45, 2.75) is 12.7 Å². The first kappa shape index (κ1) is 20.3. The normalized spacial score (nSPS) is 12.5. The van der Waals surface area contributed by atoms with Crippen LogP contribution < -0.4 is 5.32 Å². The van der Waals surface area contributed by atoms with Gasteiger partial charge in [0.1, 0.15) is 11.7 Å². The molecular formula is C19H21ClN2O3S. The summed E-state index contributed by atoms with van der Waals surface area (Å²) >= 11 is 7.40. The van der Waals surface area contributed by atoms with E-state index in [-0.39, 0.29) is 12.5 Å². The molecule has 2 aromatic rings. The Labute approximate surface area is 162 Å². The minimum absolute atomic E-state index is 0.214. The smallest absolute Gasteiger partial charge is 0.253 e. The highest BCUT2D eigenvalue weighted by molar-refractivity contribution is 8.13. The zero-order chi connectivity index (χ0) is 18.9. The molecule has 0 aliphatic rings. The monoisotopic (exact) mass is 392 g/mol. The van der Waals surface area contributed by atoms with E-state index in [1.807, 2.05) is 54.8 Å². The van der Waals surface area contributed by atoms with Crippen LogP contribution >= 0.6 is 23.4 Å². The molecular weight excluding hydrogens is 372 g/mol. The van der Waals surface area contributed by atoms with Gasteiger partial charge in [-0.3, -0.25) is 4.79 Å². The van der Waals surface area contributed by atoms with Crippen molar-refractivity contribution in [2.24, 2.45) is 5.16 Å². The third-order valence-corrected chi connectivity index (χ3v) is 4.66. The van der Waals surface area contributed by atoms with Crippen molar-refractivity contribution in [3.05, 3.63) is 70.2 Å². The number of carbonyl (C=O) groups excluding carboxylic acids is 1. The van der Waals surface area contributed by atoms with Gasteiger partial charge < -0.3 is 14.9 Å². The molecule has 138 valence electrons. The number of nitrogens with zero attached hydrogens (tertiary/aromatic N) is 1. The van der Waals surface area contributed by atoms with Crippen LogP contribution in [0.4, 0.5) is 0 Å². The first-order chi connectivity index (χ1) is 12.6. The maximum Gasteiger partial charge on any atom is 0.253 e. The van der Waals surface area contributed by atoms with Crippen molar-refractivity contribution in [2.75, 3.05) is 20.4 Å². The molecule has 0 bridgehead atoms. The second-order valence-electron chi connectivity index (χ2n) is 5.31. The Morgan fingerprint density at radius 3 is 2.54 bits per heavy atom. The third-order valence-electron chi connectivity index (χ3n) is 3.71. The predicted octanol–water partition coefficient (Wildman–Crippen LogP) is 4.01. The molecule has 0 saturated heterocycles. The summed E-state index contributed by atoms with van der Waals surface area (Å²) in [5.74, 6) is -0.214. The van der Waals surface area contributed by atoms with Gasteiger partial charge in [-0.2, -0.15) is 0 Å². The van der Waals surface area contributed by atoms with Crippen LogP contribution in [-0.4, -0.2) is 31.4 Å². The Balaban J connectivity index is 2.16. The Hall–Kier alpha value is -2.02. The molecule has 1 amide bonds. The Morgan fingerprint density at radius 1 is 1.23 bits per heavy atom. The number of rotatable bonds is 7. The van der Waals surface area contributed by atoms with Gasteiger partial charge in [0.2, 0.25) is 0 Å². The number of amides is 1. The van der Waals surface area contributed by atoms with Gasteiger partial charge in [0, 0.05) is 24.7 Å². The highest BCUT2D eigenvalue weighted by atomic mass is 35.5. The first-order valence-electron chi connectivity index (χ1n) is 7.92. The molecule has 2 aromatic carbocycles. The fraction of sp³-hybridized carbons (Fsp3) is 0.263. The van der Waals surface area contributed by atoms with Crippen molar-refractivity contribution in [3.63, 3.8) is 0 Å². The molecule has 7 heteroatoms. The van der Waals surface area contributed by atoms with Crippen LogP contribution in [0, 0.1) is 0 Å². The number of hydrogen-bond acceptors (Lipinski definition) is 5. The lowest BCUT2D eigenvalue weighted by atomic mass is 10.0. The van der Waals surface area contributed by atoms with Crippen molar-refractivity contribution < 1.29 is 14.4 Å². The summed E-state index contributed by atoms with van der Waals surface area (Å²) in [6.07, 6.45) is 1.23. The van der Waals surface area contributed by atoms with Crippen LogP contribution in [0.3, 0.4) is 0 Å². The SMILES string of the molecule is CNC(=O)C(OC)c1ccccc1CO/N=C(\SC)c1ccc(Cl)cc1. The summed E-state index contributed by atoms with van der Waals surface area (Å²) in [6, 6.07) is 14.9. The average Bonchev–Trinajstić information content (AvgIpc) is 2.67. The van der Waals surface area contributed by atoms with E-state index in [9.17, 15) is 4.79 Å². The number of thioether (sulfide) groups is 1. The van der Waals surface area contributed by atoms with Gasteiger partial charge in [-0.25, -0.2) is 0 Å². The minimum Gasteiger partial charge on any atom is -0.390 e. The molecule has 1 atom stereocenters. The summed E-state index contributed by atoms with van der Waals surface area (Å²) in [6.45, 7) is 0.227. The molecule has 0 aromatic heterocycles. The van der Waals surface area contributed by atoms with Crippen LogP contribution in [-0.2, 0) is 21.0 Å². The van der Waals surface area contributed by atoms with E-state index in [0.29, 0.717) is 5.02 Å². The number of methoxy groups -OCH3 is 1. The molecule has 0 heterocycles. The number of nitrogens with one attached hydrogen (secondary N) is 1. The summed E-state index contributed by atoms with van der Waals surface area (Å²) in [7, 11) is 3.08. The lowest BCUT2D eigenvalue weighted by Gasteiger charge is -2.17. The molecule has 0 aliphatic carbocycles. The fourth-order valence-corrected chi connectivity index (χ4v) is 3.01. The van der Waals surface area contributed by atoms with Gasteiger partial charge in [0.05, 0.1) is 0 Å². The predicted molar refractivity (Wildman–Crippen MR) is 107 cm³/mol. The molecule has 1 unspecified atom stereocenters. The molecule has 26 heavy (non-hydrogen) atoms. The van der Waals surface area contributed by atoms with Crippen LogP contribution in [0.5, 0.6) is 0 Å². The lowest BCUT2D eigenvalue weighted by molar-refractivity contribution is -0.130. The quantitative estimate of drug-likeness (QED) is 0.439. The summed E-state index contributed by atoms with van der Waals surface area (Å²) < 4.78 is 5.34. The van der Waals surface area contributed by atoms with Gasteiger partial charge in [-0.05, 0) is 29.5 Å². The summed E-state index contributed by atoms with van der Waals surface area (Å²) in [4.78, 5) is 17.6. The molecule has 5 nitrogen and oxygen atoms in total. The number of hydrogen-bond donors (Lipinski definition) is 1. The molecule has 0 radical (unpaired) electrons. The van der Waals surface area contributed by atoms with Gasteiger partial charge in [-0.15, -0.1) is 11.8 Å². The van der Waals surface area contributed by atoms with E-state index >= 15 is 0 Å². The van der Waals surface area contributed by atoms with E-state index in [0.717, 1.165) is 21.7 Å². The molecule has 1 N–H and O–H groups in total. The number of halogens is 1. The molecule has 0 saturated carbocycles. The Kier molecular flexibility index (Phi) is 7.97. The van der Waals surface area contributed by atoms with Crippen LogP contribution in [0.2, 0.25) is 5.02 Å². The fourth-order valence-electron chi connectivity index (χ4n) is 2.39. The van der Waals surface area contributed by atoms with Crippen molar-refractivity contribution in [1.29, 1.82) is 0 Å². The second-order valence-corrected chi connectivity index (χ2v) is 6.54. The van der Waals surface area contributed by atoms with E-state index in [4.69, 9.17) is 21.2 Å². The number of ether oxygens (including phenoxy) is 1. The molecule has 0 fully saturated rings. The maximum absolute atomic E-state index is 12.0. The number of oxime groups is 1. The molecule has 0 spiro atoms. The highest BCUT2D eigenvalue weighted by Gasteiger charge is 2.21. The van der Waals surface area contributed by atoms with Crippen LogP contribution in [0.25, 0.3) is 0 Å². The lowest BCUT2D eigenvalue weighted by Crippen LogP contribution is -2.27. The molecule has 2 rings (SSSR count). The van der Waals surface area contributed by atoms with Crippen LogP contribution in [0.15, 0.2) is 53.7 Å². The zero-order valence-electron chi connectivity index (χ0n) is 14.9. The first-order valence-corrected chi connectivity index (χ1v) is 9.53. The Bertz CT molecular complexity index is 766. The highest BCUT2D eigenvalue weighted by Crippen LogP contribution is 2.22. The molecule has 0 aliphatic heterocycles. The van der Waals surface area contributed by atoms with Gasteiger partial charge in [0.15, 0.2) is 6.10 Å². The number of benzene rings is 2. The maximum atomic E-state index is 12.0. The number of carbonyl (C=O) groups is 1. The van der Waals surface area contributed by atoms with Gasteiger partial charge in [-0.1, -0.05) is 53.2 Å². The van der Waals surface area contributed by atoms with E-state index in [1.165, 1.54) is 18.9 Å².